The van der Waals surface area contributed by atoms with Gasteiger partial charge in [0.25, 0.3) is 5.89 Å². The highest BCUT2D eigenvalue weighted by Crippen LogP contribution is 2.38. The van der Waals surface area contributed by atoms with Gasteiger partial charge in [0.05, 0.1) is 11.1 Å². The Hall–Kier alpha value is -1.56. The van der Waals surface area contributed by atoms with Crippen LogP contribution in [0.2, 0.25) is 5.02 Å². The van der Waals surface area contributed by atoms with Crippen LogP contribution >= 0.6 is 24.0 Å². The van der Waals surface area contributed by atoms with E-state index in [2.05, 4.69) is 10.1 Å². The molecule has 0 amide bonds. The number of hydrogen-bond donors (Lipinski definition) is 1. The van der Waals surface area contributed by atoms with Crippen LogP contribution in [0.1, 0.15) is 36.5 Å². The Kier molecular flexibility index (Phi) is 3.89. The topological polar surface area (TPSA) is 74.2 Å². The zero-order chi connectivity index (χ0) is 14.4. The van der Waals surface area contributed by atoms with E-state index < -0.39 is 5.54 Å². The number of ether oxygens (including phenoxy) is 1. The Bertz CT molecular complexity index is 738. The van der Waals surface area contributed by atoms with Crippen LogP contribution in [-0.4, -0.2) is 16.7 Å². The van der Waals surface area contributed by atoms with Crippen LogP contribution in [0, 0.1) is 0 Å². The average Bonchev–Trinajstić information content (AvgIpc) is 2.94. The number of aromatic nitrogens is 2. The third-order valence-corrected chi connectivity index (χ3v) is 4.31. The average molecular weight is 340 g/mol. The number of halogens is 2. The zero-order valence-corrected chi connectivity index (χ0v) is 13.3. The first kappa shape index (κ1) is 15.3. The summed E-state index contributed by atoms with van der Waals surface area (Å²) in [5.41, 5.74) is 7.54. The van der Waals surface area contributed by atoms with Crippen molar-refractivity contribution in [1.29, 1.82) is 0 Å². The lowest BCUT2D eigenvalue weighted by molar-refractivity contribution is 0.229. The molecule has 0 atom stereocenters. The van der Waals surface area contributed by atoms with Crippen molar-refractivity contribution >= 4 is 35.7 Å². The molecule has 1 aromatic carbocycles. The van der Waals surface area contributed by atoms with Crippen LogP contribution in [0.4, 0.5) is 0 Å². The quantitative estimate of drug-likeness (QED) is 0.907. The predicted molar refractivity (Wildman–Crippen MR) is 86.1 cm³/mol. The molecule has 22 heavy (non-hydrogen) atoms. The van der Waals surface area contributed by atoms with Crippen molar-refractivity contribution in [2.75, 3.05) is 6.61 Å². The summed E-state index contributed by atoms with van der Waals surface area (Å²) in [6.45, 7) is 0.397. The summed E-state index contributed by atoms with van der Waals surface area (Å²) < 4.78 is 11.0. The van der Waals surface area contributed by atoms with E-state index in [-0.39, 0.29) is 12.4 Å². The molecule has 2 N–H and O–H groups in total. The first-order valence-corrected chi connectivity index (χ1v) is 7.28. The van der Waals surface area contributed by atoms with Gasteiger partial charge in [-0.15, -0.1) is 12.4 Å². The molecule has 0 spiro atoms. The molecule has 1 aliphatic carbocycles. The summed E-state index contributed by atoms with van der Waals surface area (Å²) in [6.07, 6.45) is 4.88. The molecular weight excluding hydrogens is 325 g/mol. The maximum Gasteiger partial charge on any atom is 0.257 e. The van der Waals surface area contributed by atoms with Gasteiger partial charge in [-0.05, 0) is 43.5 Å². The summed E-state index contributed by atoms with van der Waals surface area (Å²) in [7, 11) is 0. The van der Waals surface area contributed by atoms with Crippen molar-refractivity contribution in [2.45, 2.75) is 24.8 Å². The van der Waals surface area contributed by atoms with E-state index in [1.807, 2.05) is 18.2 Å². The predicted octanol–water partition coefficient (Wildman–Crippen LogP) is 3.42. The fraction of sp³-hybridized carbons (Fsp3) is 0.333. The van der Waals surface area contributed by atoms with E-state index >= 15 is 0 Å². The molecule has 4 rings (SSSR count). The first-order valence-electron chi connectivity index (χ1n) is 6.90. The largest absolute Gasteiger partial charge is 0.488 e. The highest BCUT2D eigenvalue weighted by Gasteiger charge is 2.39. The summed E-state index contributed by atoms with van der Waals surface area (Å²) in [6, 6.07) is 5.51. The molecule has 116 valence electrons. The van der Waals surface area contributed by atoms with E-state index in [0.717, 1.165) is 36.1 Å². The summed E-state index contributed by atoms with van der Waals surface area (Å²) >= 11 is 6.01. The highest BCUT2D eigenvalue weighted by atomic mass is 35.5. The number of rotatable bonds is 2. The first-order chi connectivity index (χ1) is 10.1. The van der Waals surface area contributed by atoms with Crippen LogP contribution in [0.3, 0.4) is 0 Å². The highest BCUT2D eigenvalue weighted by molar-refractivity contribution is 6.30. The third kappa shape index (κ3) is 2.49. The molecule has 1 aromatic heterocycles. The lowest BCUT2D eigenvalue weighted by atomic mass is 9.77. The van der Waals surface area contributed by atoms with Crippen LogP contribution in [0.25, 0.3) is 11.6 Å². The minimum Gasteiger partial charge on any atom is -0.488 e. The van der Waals surface area contributed by atoms with Gasteiger partial charge in [0, 0.05) is 10.6 Å². The Morgan fingerprint density at radius 1 is 1.27 bits per heavy atom. The van der Waals surface area contributed by atoms with E-state index in [1.54, 1.807) is 6.07 Å². The van der Waals surface area contributed by atoms with Gasteiger partial charge in [0.1, 0.15) is 12.4 Å². The lowest BCUT2D eigenvalue weighted by Gasteiger charge is -2.34. The number of fused-ring (bicyclic) bond motifs is 1. The van der Waals surface area contributed by atoms with E-state index in [0.29, 0.717) is 23.3 Å². The summed E-state index contributed by atoms with van der Waals surface area (Å²) in [5, 5.41) is 4.69. The van der Waals surface area contributed by atoms with Crippen molar-refractivity contribution in [3.63, 3.8) is 0 Å². The molecule has 0 radical (unpaired) electrons. The van der Waals surface area contributed by atoms with Crippen LogP contribution in [-0.2, 0) is 5.54 Å². The fourth-order valence-corrected chi connectivity index (χ4v) is 2.79. The molecule has 0 unspecified atom stereocenters. The molecule has 7 heteroatoms. The molecule has 0 saturated heterocycles. The SMILES string of the molecule is Cl.NC1(c2noc(C3=Cc4cc(Cl)ccc4OC3)n2)CCC1. The molecule has 2 aliphatic rings. The monoisotopic (exact) mass is 339 g/mol. The smallest absolute Gasteiger partial charge is 0.257 e. The molecule has 5 nitrogen and oxygen atoms in total. The van der Waals surface area contributed by atoms with Gasteiger partial charge in [0.2, 0.25) is 0 Å². The number of nitrogens with zero attached hydrogens (tertiary/aromatic N) is 2. The Morgan fingerprint density at radius 2 is 2.09 bits per heavy atom. The van der Waals surface area contributed by atoms with Gasteiger partial charge in [-0.3, -0.25) is 0 Å². The van der Waals surface area contributed by atoms with Gasteiger partial charge in [-0.25, -0.2) is 0 Å². The minimum atomic E-state index is -0.418. The van der Waals surface area contributed by atoms with Gasteiger partial charge in [-0.2, -0.15) is 4.98 Å². The van der Waals surface area contributed by atoms with Gasteiger partial charge < -0.3 is 15.0 Å². The van der Waals surface area contributed by atoms with Crippen molar-refractivity contribution < 1.29 is 9.26 Å². The van der Waals surface area contributed by atoms with Crippen molar-refractivity contribution in [3.05, 3.63) is 40.5 Å². The van der Waals surface area contributed by atoms with E-state index in [1.165, 1.54) is 0 Å². The van der Waals surface area contributed by atoms with Crippen molar-refractivity contribution in [1.82, 2.24) is 10.1 Å². The molecule has 2 aromatic rings. The summed E-state index contributed by atoms with van der Waals surface area (Å²) in [4.78, 5) is 4.44. The molecule has 2 heterocycles. The molecule has 1 saturated carbocycles. The van der Waals surface area contributed by atoms with E-state index in [9.17, 15) is 0 Å². The maximum atomic E-state index is 6.21. The zero-order valence-electron chi connectivity index (χ0n) is 11.7. The Morgan fingerprint density at radius 3 is 2.82 bits per heavy atom. The second kappa shape index (κ2) is 5.57. The molecular formula is C15H15Cl2N3O2. The van der Waals surface area contributed by atoms with E-state index in [4.69, 9.17) is 26.6 Å². The van der Waals surface area contributed by atoms with Crippen molar-refractivity contribution in [2.24, 2.45) is 5.73 Å². The van der Waals surface area contributed by atoms with Gasteiger partial charge >= 0.3 is 0 Å². The molecule has 1 fully saturated rings. The number of benzene rings is 1. The third-order valence-electron chi connectivity index (χ3n) is 4.08. The van der Waals surface area contributed by atoms with Gasteiger partial charge in [-0.1, -0.05) is 16.8 Å². The minimum absolute atomic E-state index is 0. The fourth-order valence-electron chi connectivity index (χ4n) is 2.61. The number of hydrogen-bond acceptors (Lipinski definition) is 5. The Labute approximate surface area is 138 Å². The molecule has 1 aliphatic heterocycles. The standard InChI is InChI=1S/C15H14ClN3O2.ClH/c16-11-2-3-12-9(7-11)6-10(8-20-12)13-18-14(19-21-13)15(17)4-1-5-15;/h2-3,6-7H,1,4-5,8,17H2;1H. The van der Waals surface area contributed by atoms with Crippen molar-refractivity contribution in [3.8, 4) is 5.75 Å². The summed E-state index contributed by atoms with van der Waals surface area (Å²) in [5.74, 6) is 1.85. The van der Waals surface area contributed by atoms with Crippen LogP contribution in [0.15, 0.2) is 22.7 Å². The normalized spacial score (nSPS) is 18.4. The van der Waals surface area contributed by atoms with Crippen LogP contribution < -0.4 is 10.5 Å². The second-order valence-electron chi connectivity index (χ2n) is 5.57. The lowest BCUT2D eigenvalue weighted by Crippen LogP contribution is -2.44. The molecule has 0 bridgehead atoms. The number of nitrogens with two attached hydrogens (primary N) is 1. The second-order valence-corrected chi connectivity index (χ2v) is 6.01. The van der Waals surface area contributed by atoms with Crippen LogP contribution in [0.5, 0.6) is 5.75 Å². The maximum absolute atomic E-state index is 6.21. The van der Waals surface area contributed by atoms with Gasteiger partial charge in [0.15, 0.2) is 5.82 Å². The Balaban J connectivity index is 0.00000144.